The lowest BCUT2D eigenvalue weighted by atomic mass is 10.0. The maximum atomic E-state index is 12.2. The lowest BCUT2D eigenvalue weighted by molar-refractivity contribution is -0.138. The van der Waals surface area contributed by atoms with Crippen molar-refractivity contribution >= 4 is 11.7 Å². The molecule has 0 aliphatic heterocycles. The summed E-state index contributed by atoms with van der Waals surface area (Å²) in [4.78, 5) is 16.8. The third kappa shape index (κ3) is 5.08. The Morgan fingerprint density at radius 2 is 1.50 bits per heavy atom. The Morgan fingerprint density at radius 1 is 1.00 bits per heavy atom. The van der Waals surface area contributed by atoms with Crippen LogP contribution in [-0.2, 0) is 9.53 Å². The van der Waals surface area contributed by atoms with E-state index in [1.807, 2.05) is 60.7 Å². The Morgan fingerprint density at radius 3 is 1.92 bits per heavy atom. The fourth-order valence-electron chi connectivity index (χ4n) is 2.34. The Labute approximate surface area is 153 Å². The standard InChI is InChI=1S/C21H23N3O2/c1-3-26-21(25)18(14-15(2)22)20(23)24-19(16-10-6-4-7-11-16)17-12-8-5-9-13-17/h4-14H,3,22-23H2,1-2H3/b15-14-,20-18-. The molecule has 0 aliphatic rings. The van der Waals surface area contributed by atoms with Gasteiger partial charge in [-0.3, -0.25) is 0 Å². The minimum Gasteiger partial charge on any atom is -0.462 e. The Kier molecular flexibility index (Phi) is 6.74. The average Bonchev–Trinajstić information content (AvgIpc) is 2.65. The maximum Gasteiger partial charge on any atom is 0.341 e. The van der Waals surface area contributed by atoms with E-state index < -0.39 is 5.97 Å². The third-order valence-corrected chi connectivity index (χ3v) is 3.47. The summed E-state index contributed by atoms with van der Waals surface area (Å²) in [6.45, 7) is 3.64. The fraction of sp³-hybridized carbons (Fsp3) is 0.143. The van der Waals surface area contributed by atoms with E-state index in [2.05, 4.69) is 4.99 Å². The highest BCUT2D eigenvalue weighted by Gasteiger charge is 2.15. The molecule has 0 heterocycles. The number of rotatable bonds is 6. The number of nitrogens with zero attached hydrogens (tertiary/aromatic N) is 1. The zero-order valence-corrected chi connectivity index (χ0v) is 15.0. The van der Waals surface area contributed by atoms with Crippen LogP contribution in [0.2, 0.25) is 0 Å². The average molecular weight is 349 g/mol. The number of esters is 1. The van der Waals surface area contributed by atoms with Crippen LogP contribution >= 0.6 is 0 Å². The molecule has 134 valence electrons. The number of hydrogen-bond acceptors (Lipinski definition) is 5. The molecule has 0 saturated heterocycles. The van der Waals surface area contributed by atoms with Gasteiger partial charge in [0, 0.05) is 16.8 Å². The molecule has 0 fully saturated rings. The smallest absolute Gasteiger partial charge is 0.341 e. The molecule has 0 radical (unpaired) electrons. The van der Waals surface area contributed by atoms with Gasteiger partial charge in [0.05, 0.1) is 12.3 Å². The summed E-state index contributed by atoms with van der Waals surface area (Å²) in [6, 6.07) is 19.3. The van der Waals surface area contributed by atoms with Gasteiger partial charge in [0.15, 0.2) is 0 Å². The lowest BCUT2D eigenvalue weighted by Gasteiger charge is -2.10. The van der Waals surface area contributed by atoms with Gasteiger partial charge in [-0.1, -0.05) is 60.7 Å². The molecule has 0 bridgehead atoms. The van der Waals surface area contributed by atoms with Gasteiger partial charge in [0.1, 0.15) is 11.4 Å². The van der Waals surface area contributed by atoms with Crippen molar-refractivity contribution in [3.63, 3.8) is 0 Å². The fourth-order valence-corrected chi connectivity index (χ4v) is 2.34. The second kappa shape index (κ2) is 9.22. The molecule has 0 saturated carbocycles. The molecular weight excluding hydrogens is 326 g/mol. The van der Waals surface area contributed by atoms with E-state index in [0.29, 0.717) is 11.4 Å². The number of allylic oxidation sites excluding steroid dienone is 1. The van der Waals surface area contributed by atoms with Gasteiger partial charge in [-0.2, -0.15) is 0 Å². The summed E-state index contributed by atoms with van der Waals surface area (Å²) in [5.74, 6) is -0.505. The van der Waals surface area contributed by atoms with Crippen molar-refractivity contribution in [1.82, 2.24) is 0 Å². The first-order chi connectivity index (χ1) is 12.5. The van der Waals surface area contributed by atoms with E-state index in [1.54, 1.807) is 13.8 Å². The molecule has 5 nitrogen and oxygen atoms in total. The van der Waals surface area contributed by atoms with Crippen molar-refractivity contribution in [2.75, 3.05) is 6.61 Å². The summed E-state index contributed by atoms with van der Waals surface area (Å²) in [7, 11) is 0. The molecule has 0 atom stereocenters. The van der Waals surface area contributed by atoms with Gasteiger partial charge < -0.3 is 16.2 Å². The zero-order chi connectivity index (χ0) is 18.9. The maximum absolute atomic E-state index is 12.2. The Bertz CT molecular complexity index is 793. The van der Waals surface area contributed by atoms with Crippen LogP contribution in [0, 0.1) is 0 Å². The molecule has 0 aromatic heterocycles. The number of nitrogens with two attached hydrogens (primary N) is 2. The van der Waals surface area contributed by atoms with Crippen molar-refractivity contribution in [1.29, 1.82) is 0 Å². The number of hydrogen-bond donors (Lipinski definition) is 2. The van der Waals surface area contributed by atoms with Crippen LogP contribution in [0.25, 0.3) is 0 Å². The van der Waals surface area contributed by atoms with E-state index in [9.17, 15) is 4.79 Å². The predicted octanol–water partition coefficient (Wildman–Crippen LogP) is 3.12. The predicted molar refractivity (Wildman–Crippen MR) is 104 cm³/mol. The van der Waals surface area contributed by atoms with E-state index in [4.69, 9.17) is 16.2 Å². The first-order valence-corrected chi connectivity index (χ1v) is 8.33. The molecule has 2 aromatic carbocycles. The second-order valence-electron chi connectivity index (χ2n) is 5.60. The van der Waals surface area contributed by atoms with E-state index >= 15 is 0 Å². The SMILES string of the molecule is CCOC(=O)C(/C=C(/C)N)=C(/N)N=C(c1ccccc1)c1ccccc1. The summed E-state index contributed by atoms with van der Waals surface area (Å²) in [5.41, 5.74) is 14.9. The molecule has 2 aromatic rings. The number of carbonyl (C=O) groups is 1. The monoisotopic (exact) mass is 349 g/mol. The third-order valence-electron chi connectivity index (χ3n) is 3.47. The number of ether oxygens (including phenoxy) is 1. The van der Waals surface area contributed by atoms with Crippen molar-refractivity contribution in [3.05, 3.63) is 95.0 Å². The summed E-state index contributed by atoms with van der Waals surface area (Å²) >= 11 is 0. The molecule has 0 aliphatic carbocycles. The number of benzene rings is 2. The number of aliphatic imine (C=N–C) groups is 1. The van der Waals surface area contributed by atoms with E-state index in [-0.39, 0.29) is 18.0 Å². The van der Waals surface area contributed by atoms with E-state index in [0.717, 1.165) is 11.1 Å². The van der Waals surface area contributed by atoms with Crippen LogP contribution in [-0.4, -0.2) is 18.3 Å². The highest BCUT2D eigenvalue weighted by Crippen LogP contribution is 2.15. The van der Waals surface area contributed by atoms with Gasteiger partial charge in [-0.05, 0) is 19.9 Å². The van der Waals surface area contributed by atoms with Gasteiger partial charge in [0.25, 0.3) is 0 Å². The highest BCUT2D eigenvalue weighted by molar-refractivity contribution is 6.13. The van der Waals surface area contributed by atoms with Gasteiger partial charge in [-0.15, -0.1) is 0 Å². The highest BCUT2D eigenvalue weighted by atomic mass is 16.5. The molecule has 0 amide bonds. The first-order valence-electron chi connectivity index (χ1n) is 8.33. The van der Waals surface area contributed by atoms with Crippen molar-refractivity contribution in [2.24, 2.45) is 16.5 Å². The molecule has 26 heavy (non-hydrogen) atoms. The van der Waals surface area contributed by atoms with Crippen molar-refractivity contribution in [3.8, 4) is 0 Å². The minimum atomic E-state index is -0.556. The zero-order valence-electron chi connectivity index (χ0n) is 15.0. The quantitative estimate of drug-likeness (QED) is 0.363. The molecule has 5 heteroatoms. The van der Waals surface area contributed by atoms with Crippen molar-refractivity contribution < 1.29 is 9.53 Å². The first kappa shape index (κ1) is 19.0. The van der Waals surface area contributed by atoms with Crippen molar-refractivity contribution in [2.45, 2.75) is 13.8 Å². The lowest BCUT2D eigenvalue weighted by Crippen LogP contribution is -2.15. The Balaban J connectivity index is 2.63. The van der Waals surface area contributed by atoms with Crippen LogP contribution in [0.15, 0.2) is 88.8 Å². The van der Waals surface area contributed by atoms with Crippen LogP contribution < -0.4 is 11.5 Å². The molecule has 0 unspecified atom stereocenters. The summed E-state index contributed by atoms with van der Waals surface area (Å²) in [6.07, 6.45) is 1.48. The molecule has 4 N–H and O–H groups in total. The molecular formula is C21H23N3O2. The van der Waals surface area contributed by atoms with Crippen LogP contribution in [0.3, 0.4) is 0 Å². The second-order valence-corrected chi connectivity index (χ2v) is 5.60. The summed E-state index contributed by atoms with van der Waals surface area (Å²) in [5, 5.41) is 0. The normalized spacial score (nSPS) is 12.2. The van der Waals surface area contributed by atoms with E-state index in [1.165, 1.54) is 6.08 Å². The molecule has 0 spiro atoms. The topological polar surface area (TPSA) is 90.7 Å². The van der Waals surface area contributed by atoms with Gasteiger partial charge >= 0.3 is 5.97 Å². The molecule has 2 rings (SSSR count). The van der Waals surface area contributed by atoms with Gasteiger partial charge in [-0.25, -0.2) is 9.79 Å². The van der Waals surface area contributed by atoms with Crippen LogP contribution in [0.5, 0.6) is 0 Å². The van der Waals surface area contributed by atoms with Crippen LogP contribution in [0.4, 0.5) is 0 Å². The largest absolute Gasteiger partial charge is 0.462 e. The van der Waals surface area contributed by atoms with Gasteiger partial charge in [0.2, 0.25) is 0 Å². The Hall–Kier alpha value is -3.34. The van der Waals surface area contributed by atoms with Crippen LogP contribution in [0.1, 0.15) is 25.0 Å². The minimum absolute atomic E-state index is 0.0518. The summed E-state index contributed by atoms with van der Waals surface area (Å²) < 4.78 is 5.07. The number of carbonyl (C=O) groups excluding carboxylic acids is 1.